The van der Waals surface area contributed by atoms with Crippen molar-refractivity contribution in [3.05, 3.63) is 25.3 Å². The first-order chi connectivity index (χ1) is 22.0. The second kappa shape index (κ2) is 14.3. The summed E-state index contributed by atoms with van der Waals surface area (Å²) in [5, 5.41) is 20.2. The summed E-state index contributed by atoms with van der Waals surface area (Å²) in [5.41, 5.74) is 13.3. The Labute approximate surface area is 270 Å². The number of nitrogens with zero attached hydrogens (tertiary/aromatic N) is 8. The second-order valence-electron chi connectivity index (χ2n) is 10.3. The molecule has 0 radical (unpaired) electrons. The fraction of sp³-hybridized carbons (Fsp3) is 0.538. The van der Waals surface area contributed by atoms with E-state index in [4.69, 9.17) is 30.4 Å². The zero-order chi connectivity index (χ0) is 33.1. The van der Waals surface area contributed by atoms with Gasteiger partial charge >= 0.3 is 11.9 Å². The third-order valence-corrected chi connectivity index (χ3v) is 8.53. The molecule has 2 aliphatic heterocycles. The number of aromatic nitrogens is 8. The van der Waals surface area contributed by atoms with Gasteiger partial charge in [-0.1, -0.05) is 0 Å². The monoisotopic (exact) mass is 678 g/mol. The number of thioether (sulfide) groups is 2. The Balaban J connectivity index is 0.000000187. The van der Waals surface area contributed by atoms with E-state index >= 15 is 0 Å². The Kier molecular flexibility index (Phi) is 10.4. The minimum Gasteiger partial charge on any atom is -0.456 e. The summed E-state index contributed by atoms with van der Waals surface area (Å²) in [5.74, 6) is 0.651. The molecule has 0 aliphatic carbocycles. The highest BCUT2D eigenvalue weighted by atomic mass is 32.2. The van der Waals surface area contributed by atoms with Crippen molar-refractivity contribution in [1.82, 2.24) is 39.0 Å². The van der Waals surface area contributed by atoms with Gasteiger partial charge in [0.25, 0.3) is 0 Å². The molecule has 0 amide bonds. The lowest BCUT2D eigenvalue weighted by Gasteiger charge is -2.23. The van der Waals surface area contributed by atoms with Gasteiger partial charge in [-0.3, -0.25) is 18.7 Å². The van der Waals surface area contributed by atoms with Crippen LogP contribution in [0.5, 0.6) is 0 Å². The first-order valence-corrected chi connectivity index (χ1v) is 16.7. The molecule has 46 heavy (non-hydrogen) atoms. The average Bonchev–Trinajstić information content (AvgIpc) is 3.77. The number of carbonyl (C=O) groups is 2. The minimum absolute atomic E-state index is 0.230. The van der Waals surface area contributed by atoms with Gasteiger partial charge in [0.05, 0.1) is 18.8 Å². The summed E-state index contributed by atoms with van der Waals surface area (Å²) < 4.78 is 25.8. The lowest BCUT2D eigenvalue weighted by molar-refractivity contribution is -0.165. The van der Waals surface area contributed by atoms with Crippen molar-refractivity contribution in [3.63, 3.8) is 0 Å². The quantitative estimate of drug-likeness (QED) is 0.178. The van der Waals surface area contributed by atoms with E-state index in [0.29, 0.717) is 33.8 Å². The molecular weight excluding hydrogens is 644 g/mol. The number of anilines is 2. The maximum atomic E-state index is 11.6. The molecule has 248 valence electrons. The van der Waals surface area contributed by atoms with E-state index in [0.717, 1.165) is 0 Å². The largest absolute Gasteiger partial charge is 0.456 e. The maximum absolute atomic E-state index is 11.6. The van der Waals surface area contributed by atoms with Crippen molar-refractivity contribution >= 4 is 69.4 Å². The number of aliphatic hydroxyl groups excluding tert-OH is 2. The van der Waals surface area contributed by atoms with Crippen LogP contribution in [0.4, 0.5) is 11.6 Å². The predicted octanol–water partition coefficient (Wildman–Crippen LogP) is -0.0770. The molecule has 0 saturated carbocycles. The molecule has 4 aromatic rings. The van der Waals surface area contributed by atoms with Crippen LogP contribution in [0.2, 0.25) is 0 Å². The van der Waals surface area contributed by atoms with Gasteiger partial charge in [-0.05, 0) is 12.5 Å². The number of rotatable bonds is 8. The summed E-state index contributed by atoms with van der Waals surface area (Å²) in [7, 11) is 0. The lowest BCUT2D eigenvalue weighted by atomic mass is 10.1. The molecule has 0 spiro atoms. The molecule has 6 N–H and O–H groups in total. The topological polar surface area (TPSA) is 251 Å². The first-order valence-electron chi connectivity index (χ1n) is 13.9. The number of hydrogen-bond acceptors (Lipinski definition) is 18. The molecule has 2 saturated heterocycles. The fourth-order valence-electron chi connectivity index (χ4n) is 5.25. The van der Waals surface area contributed by atoms with Gasteiger partial charge in [0.2, 0.25) is 0 Å². The van der Waals surface area contributed by atoms with E-state index in [1.54, 1.807) is 20.9 Å². The van der Waals surface area contributed by atoms with Gasteiger partial charge in [-0.2, -0.15) is 23.5 Å². The van der Waals surface area contributed by atoms with Gasteiger partial charge in [0.1, 0.15) is 42.0 Å². The molecule has 20 heteroatoms. The molecule has 2 fully saturated rings. The third-order valence-electron chi connectivity index (χ3n) is 7.21. The van der Waals surface area contributed by atoms with Crippen molar-refractivity contribution in [2.24, 2.45) is 0 Å². The zero-order valence-electron chi connectivity index (χ0n) is 25.2. The highest BCUT2D eigenvalue weighted by Crippen LogP contribution is 2.37. The average molecular weight is 679 g/mol. The number of esters is 2. The van der Waals surface area contributed by atoms with Gasteiger partial charge < -0.3 is 40.6 Å². The number of carbonyl (C=O) groups excluding carboxylic acids is 2. The molecule has 8 atom stereocenters. The van der Waals surface area contributed by atoms with E-state index < -0.39 is 61.0 Å². The highest BCUT2D eigenvalue weighted by Gasteiger charge is 2.50. The fourth-order valence-corrected chi connectivity index (χ4v) is 6.46. The standard InChI is InChI=1S/C15H19N5O5S.C11H15N5O3S/c1-7(21)23-11-9(4-26-3)25-15(12(11)24-8(2)22)20-6-19-10-13(16)17-5-18-14(10)20;1-20-2-5-7(17)8(18)11(19-5)16-4-15-6-9(12)13-3-14-10(6)16/h5-6,9,11-12,15H,4H2,1-3H3,(H2,16,17,18);3-5,7-8,11,17-18H,2H2,1H3,(H2,12,13,14)/t9-,11?,12+,15-;5-,7?,8+,11-/m11/s1. The van der Waals surface area contributed by atoms with Gasteiger partial charge in [0.15, 0.2) is 47.6 Å². The van der Waals surface area contributed by atoms with Crippen molar-refractivity contribution in [2.75, 3.05) is 35.5 Å². The molecular formula is C26H34N10O8S2. The predicted molar refractivity (Wildman–Crippen MR) is 167 cm³/mol. The SMILES string of the molecule is CSC[C@H]1O[C@@H](n2cnc3c(N)ncnc32)[C@@H](O)C1O.CSC[C@H]1O[C@@H](n2cnc3c(N)ncnc32)[C@@H](OC(C)=O)C1OC(C)=O. The van der Waals surface area contributed by atoms with E-state index in [-0.39, 0.29) is 11.6 Å². The van der Waals surface area contributed by atoms with Crippen LogP contribution < -0.4 is 11.5 Å². The van der Waals surface area contributed by atoms with Crippen molar-refractivity contribution < 1.29 is 38.7 Å². The first kappa shape index (κ1) is 33.5. The van der Waals surface area contributed by atoms with Gasteiger partial charge in [-0.15, -0.1) is 0 Å². The molecule has 6 rings (SSSR count). The van der Waals surface area contributed by atoms with Gasteiger partial charge in [-0.25, -0.2) is 29.9 Å². The van der Waals surface area contributed by atoms with E-state index in [2.05, 4.69) is 29.9 Å². The van der Waals surface area contributed by atoms with Gasteiger partial charge in [0, 0.05) is 25.4 Å². The molecule has 0 aromatic carbocycles. The molecule has 2 aliphatic rings. The number of imidazole rings is 2. The summed E-state index contributed by atoms with van der Waals surface area (Å²) in [6.07, 6.45) is 3.47. The lowest BCUT2D eigenvalue weighted by Crippen LogP contribution is -2.39. The summed E-state index contributed by atoms with van der Waals surface area (Å²) >= 11 is 3.07. The van der Waals surface area contributed by atoms with Crippen LogP contribution in [0.3, 0.4) is 0 Å². The summed E-state index contributed by atoms with van der Waals surface area (Å²) in [6.45, 7) is 2.59. The smallest absolute Gasteiger partial charge is 0.303 e. The van der Waals surface area contributed by atoms with Crippen LogP contribution in [-0.2, 0) is 28.5 Å². The van der Waals surface area contributed by atoms with Crippen LogP contribution in [0.15, 0.2) is 25.3 Å². The van der Waals surface area contributed by atoms with E-state index in [9.17, 15) is 19.8 Å². The number of aliphatic hydroxyl groups is 2. The number of nitrogens with two attached hydrogens (primary N) is 2. The third kappa shape index (κ3) is 6.67. The maximum Gasteiger partial charge on any atom is 0.303 e. The van der Waals surface area contributed by atoms with Crippen LogP contribution in [0, 0.1) is 0 Å². The van der Waals surface area contributed by atoms with Crippen molar-refractivity contribution in [1.29, 1.82) is 0 Å². The van der Waals surface area contributed by atoms with E-state index in [1.807, 2.05) is 12.5 Å². The molecule has 0 bridgehead atoms. The normalized spacial score (nSPS) is 27.4. The number of fused-ring (bicyclic) bond motifs is 2. The van der Waals surface area contributed by atoms with Crippen LogP contribution in [-0.4, -0.2) is 122 Å². The van der Waals surface area contributed by atoms with Crippen LogP contribution in [0.25, 0.3) is 22.3 Å². The Morgan fingerprint density at radius 2 is 1.24 bits per heavy atom. The van der Waals surface area contributed by atoms with Crippen LogP contribution in [0.1, 0.15) is 26.3 Å². The van der Waals surface area contributed by atoms with E-state index in [1.165, 1.54) is 50.9 Å². The van der Waals surface area contributed by atoms with Crippen molar-refractivity contribution in [2.45, 2.75) is 62.9 Å². The second-order valence-corrected chi connectivity index (χ2v) is 12.2. The number of ether oxygens (including phenoxy) is 4. The summed E-state index contributed by atoms with van der Waals surface area (Å²) in [4.78, 5) is 47.6. The Bertz CT molecular complexity index is 1690. The Morgan fingerprint density at radius 1 is 0.761 bits per heavy atom. The molecule has 6 heterocycles. The van der Waals surface area contributed by atoms with Crippen molar-refractivity contribution in [3.8, 4) is 0 Å². The molecule has 18 nitrogen and oxygen atoms in total. The minimum atomic E-state index is -1.04. The number of hydrogen-bond donors (Lipinski definition) is 4. The van der Waals surface area contributed by atoms with Crippen LogP contribution >= 0.6 is 23.5 Å². The zero-order valence-corrected chi connectivity index (χ0v) is 26.9. The Hall–Kier alpha value is -3.82. The number of nitrogen functional groups attached to an aromatic ring is 2. The Morgan fingerprint density at radius 3 is 1.76 bits per heavy atom. The highest BCUT2D eigenvalue weighted by molar-refractivity contribution is 7.98. The molecule has 2 unspecified atom stereocenters. The summed E-state index contributed by atoms with van der Waals surface area (Å²) in [6, 6.07) is 0. The molecule has 4 aromatic heterocycles.